The highest BCUT2D eigenvalue weighted by atomic mass is 35.5. The zero-order valence-corrected chi connectivity index (χ0v) is 39.7. The van der Waals surface area contributed by atoms with E-state index in [0.717, 1.165) is 32.2 Å². The smallest absolute Gasteiger partial charge is 0.371 e. The Morgan fingerprint density at radius 3 is 2.39 bits per heavy atom. The maximum absolute atomic E-state index is 14.4. The Kier molecular flexibility index (Phi) is 15.3. The number of fused-ring (bicyclic) bond motifs is 1. The highest BCUT2D eigenvalue weighted by Crippen LogP contribution is 2.50. The highest BCUT2D eigenvalue weighted by molar-refractivity contribution is 7.85. The number of nitrogens with zero attached hydrogens (tertiary/aromatic N) is 6. The lowest BCUT2D eigenvalue weighted by atomic mass is 9.95. The van der Waals surface area contributed by atoms with Crippen molar-refractivity contribution in [1.82, 2.24) is 29.7 Å². The van der Waals surface area contributed by atoms with Gasteiger partial charge in [-0.3, -0.25) is 4.90 Å². The molecule has 0 amide bonds. The van der Waals surface area contributed by atoms with Gasteiger partial charge in [-0.1, -0.05) is 54.1 Å². The number of carboxylic acids is 1. The van der Waals surface area contributed by atoms with Crippen molar-refractivity contribution in [3.8, 4) is 61.8 Å². The number of carboxylic acid groups (broad SMARTS) is 1. The number of hydrogen-bond acceptors (Lipinski definition) is 16. The van der Waals surface area contributed by atoms with E-state index in [1.807, 2.05) is 31.2 Å². The van der Waals surface area contributed by atoms with Gasteiger partial charge in [0.05, 0.1) is 38.9 Å². The third-order valence-corrected chi connectivity index (χ3v) is 13.7. The van der Waals surface area contributed by atoms with Crippen LogP contribution in [0.1, 0.15) is 23.2 Å². The molecule has 20 heteroatoms. The quantitative estimate of drug-likeness (QED) is 0.0443. The van der Waals surface area contributed by atoms with Crippen molar-refractivity contribution in [2.75, 3.05) is 58.7 Å². The van der Waals surface area contributed by atoms with Crippen LogP contribution in [-0.4, -0.2) is 118 Å². The Balaban J connectivity index is 1.06. The molecule has 1 aliphatic rings. The molecule has 3 aromatic heterocycles. The number of carbonyl (C=O) groups is 1. The predicted octanol–water partition coefficient (Wildman–Crippen LogP) is 8.31. The fraction of sp³-hybridized carbons (Fsp3) is 0.245. The van der Waals surface area contributed by atoms with Gasteiger partial charge in [0.15, 0.2) is 17.4 Å². The summed E-state index contributed by atoms with van der Waals surface area (Å²) in [6.07, 6.45) is 4.50. The number of thiophene rings is 1. The van der Waals surface area contributed by atoms with Gasteiger partial charge in [-0.25, -0.2) is 37.5 Å². The second kappa shape index (κ2) is 21.7. The zero-order chi connectivity index (χ0) is 48.7. The van der Waals surface area contributed by atoms with Gasteiger partial charge in [0.1, 0.15) is 41.6 Å². The Morgan fingerprint density at radius 1 is 0.913 bits per heavy atom. The van der Waals surface area contributed by atoms with Crippen LogP contribution in [0, 0.1) is 12.7 Å². The van der Waals surface area contributed by atoms with Crippen LogP contribution in [0.25, 0.3) is 49.2 Å². The monoisotopic (exact) mass is 995 g/mol. The Bertz CT molecular complexity index is 3150. The van der Waals surface area contributed by atoms with E-state index in [2.05, 4.69) is 29.7 Å². The number of ether oxygens (including phenoxy) is 4. The number of phenolic OH excluding ortho intramolecular Hbond substituents is 1. The largest absolute Gasteiger partial charge is 0.748 e. The lowest BCUT2D eigenvalue weighted by Crippen LogP contribution is -2.47. The Labute approximate surface area is 406 Å². The van der Waals surface area contributed by atoms with Crippen molar-refractivity contribution in [2.45, 2.75) is 20.0 Å². The molecule has 0 unspecified atom stereocenters. The van der Waals surface area contributed by atoms with E-state index in [-0.39, 0.29) is 18.2 Å². The summed E-state index contributed by atoms with van der Waals surface area (Å²) in [5.74, 6) is -1.89. The molecule has 8 rings (SSSR count). The number of aromatic nitrogens is 4. The van der Waals surface area contributed by atoms with Gasteiger partial charge in [0, 0.05) is 60.7 Å². The van der Waals surface area contributed by atoms with Gasteiger partial charge in [-0.15, -0.1) is 11.3 Å². The molecule has 0 spiro atoms. The minimum atomic E-state index is -4.24. The van der Waals surface area contributed by atoms with Crippen LogP contribution in [0.5, 0.6) is 28.9 Å². The number of phenols is 1. The van der Waals surface area contributed by atoms with Crippen molar-refractivity contribution >= 4 is 55.3 Å². The van der Waals surface area contributed by atoms with Gasteiger partial charge < -0.3 is 38.6 Å². The van der Waals surface area contributed by atoms with Crippen molar-refractivity contribution in [1.29, 1.82) is 0 Å². The minimum Gasteiger partial charge on any atom is -0.748 e. The van der Waals surface area contributed by atoms with E-state index < -0.39 is 33.4 Å². The molecule has 1 aliphatic heterocycles. The number of hydrogen-bond donors (Lipinski definition) is 2. The summed E-state index contributed by atoms with van der Waals surface area (Å²) in [5.41, 5.74) is 3.80. The highest BCUT2D eigenvalue weighted by Gasteiger charge is 2.27. The number of piperazine rings is 1. The van der Waals surface area contributed by atoms with Crippen LogP contribution < -0.4 is 18.9 Å². The molecule has 2 N–H and O–H groups in total. The van der Waals surface area contributed by atoms with Gasteiger partial charge in [0.2, 0.25) is 11.6 Å². The van der Waals surface area contributed by atoms with Crippen LogP contribution in [0.2, 0.25) is 5.02 Å². The summed E-state index contributed by atoms with van der Waals surface area (Å²) < 4.78 is 71.5. The summed E-state index contributed by atoms with van der Waals surface area (Å²) in [6.45, 7) is 6.26. The van der Waals surface area contributed by atoms with Gasteiger partial charge in [-0.05, 0) is 85.1 Å². The van der Waals surface area contributed by atoms with E-state index in [9.17, 15) is 32.4 Å². The molecule has 69 heavy (non-hydrogen) atoms. The number of aromatic hydroxyl groups is 1. The van der Waals surface area contributed by atoms with Crippen LogP contribution in [0.4, 0.5) is 4.39 Å². The summed E-state index contributed by atoms with van der Waals surface area (Å²) >= 11 is 8.26. The van der Waals surface area contributed by atoms with Gasteiger partial charge in [0.25, 0.3) is 0 Å². The number of para-hydroxylation sites is 2. The van der Waals surface area contributed by atoms with E-state index in [0.29, 0.717) is 108 Å². The molecule has 16 nitrogen and oxygen atoms in total. The Hall–Kier alpha value is -6.74. The molecule has 4 heterocycles. The summed E-state index contributed by atoms with van der Waals surface area (Å²) in [6, 6.07) is 23.4. The lowest BCUT2D eigenvalue weighted by Gasteiger charge is -2.34. The third-order valence-electron chi connectivity index (χ3n) is 11.3. The van der Waals surface area contributed by atoms with Gasteiger partial charge >= 0.3 is 5.97 Å². The molecule has 7 aromatic rings. The van der Waals surface area contributed by atoms with Crippen LogP contribution >= 0.6 is 22.9 Å². The van der Waals surface area contributed by atoms with Crippen molar-refractivity contribution in [2.24, 2.45) is 0 Å². The summed E-state index contributed by atoms with van der Waals surface area (Å²) in [5, 5.41) is 21.7. The molecule has 0 bridgehead atoms. The van der Waals surface area contributed by atoms with Crippen LogP contribution in [0.3, 0.4) is 0 Å². The van der Waals surface area contributed by atoms with Crippen molar-refractivity contribution in [3.05, 3.63) is 131 Å². The average Bonchev–Trinajstić information content (AvgIpc) is 3.73. The molecule has 0 atom stereocenters. The number of methoxy groups -OCH3 is 1. The number of benzene rings is 4. The maximum atomic E-state index is 14.4. The first kappa shape index (κ1) is 48.7. The first-order valence-electron chi connectivity index (χ1n) is 21.6. The second-order valence-electron chi connectivity index (χ2n) is 15.8. The molecule has 358 valence electrons. The number of halogens is 2. The van der Waals surface area contributed by atoms with Crippen molar-refractivity contribution in [3.63, 3.8) is 0 Å². The topological polar surface area (TPSA) is 210 Å². The SMILES string of the molecule is COc1ccccc1-c1nccc(COc2ccccc2/C=C(/Oc2ncnc3sc(-c4ccc(F)c(O)c4)c(-c4ccc(OCCN5CCN(CCCS(=O)(=O)[O-])CC5)c(Cl)c4C)c23)C(=O)O)n1. The molecule has 0 saturated carbocycles. The minimum absolute atomic E-state index is 0.0265. The van der Waals surface area contributed by atoms with Crippen LogP contribution in [-0.2, 0) is 21.5 Å². The molecular weight excluding hydrogens is 951 g/mol. The fourth-order valence-electron chi connectivity index (χ4n) is 7.83. The second-order valence-corrected chi connectivity index (χ2v) is 18.7. The standard InChI is InChI=1S/C49H46ClFN6O10S2/c1-30-34(13-15-40(44(30)50)65-24-23-57-21-19-56(20-22-57)18-7-25-69(61,62)63)42-43-47(53-29-54-48(43)68-45(42)32-12-14-36(51)37(58)26-32)67-41(49(59)60)27-31-8-3-5-10-38(31)66-28-33-16-17-52-46(55-33)35-9-4-6-11-39(35)64-2/h3-6,8-17,26-27,29,58H,7,18-25,28H2,1-2H3,(H,59,60)(H,61,62,63)/p-1/b41-27+. The van der Waals surface area contributed by atoms with Crippen molar-refractivity contribution < 1.29 is 51.3 Å². The number of aliphatic carboxylic acids is 1. The van der Waals surface area contributed by atoms with E-state index in [1.54, 1.807) is 55.8 Å². The van der Waals surface area contributed by atoms with Crippen LogP contribution in [0.15, 0.2) is 103 Å². The third kappa shape index (κ3) is 11.8. The zero-order valence-electron chi connectivity index (χ0n) is 37.3. The van der Waals surface area contributed by atoms with Gasteiger partial charge in [-0.2, -0.15) is 0 Å². The predicted molar refractivity (Wildman–Crippen MR) is 258 cm³/mol. The maximum Gasteiger partial charge on any atom is 0.371 e. The molecule has 0 radical (unpaired) electrons. The lowest BCUT2D eigenvalue weighted by molar-refractivity contribution is -0.134. The fourth-order valence-corrected chi connectivity index (χ4v) is 9.67. The first-order valence-corrected chi connectivity index (χ1v) is 24.4. The summed E-state index contributed by atoms with van der Waals surface area (Å²) in [4.78, 5) is 36.3. The first-order chi connectivity index (χ1) is 33.3. The van der Waals surface area contributed by atoms with E-state index in [1.165, 1.54) is 35.9 Å². The van der Waals surface area contributed by atoms with E-state index in [4.69, 9.17) is 30.5 Å². The molecule has 1 fully saturated rings. The average molecular weight is 997 g/mol. The normalized spacial score (nSPS) is 13.7. The Morgan fingerprint density at radius 2 is 1.65 bits per heavy atom. The number of rotatable bonds is 19. The molecule has 1 saturated heterocycles. The van der Waals surface area contributed by atoms with E-state index >= 15 is 0 Å². The molecular formula is C49H45ClFN6O10S2-. The summed E-state index contributed by atoms with van der Waals surface area (Å²) in [7, 11) is -2.67. The molecule has 4 aromatic carbocycles. The molecule has 0 aliphatic carbocycles.